The van der Waals surface area contributed by atoms with Crippen molar-refractivity contribution in [2.75, 3.05) is 19.7 Å². The van der Waals surface area contributed by atoms with Crippen LogP contribution in [0.1, 0.15) is 37.8 Å². The molecular formula is C27H30N2O5. The minimum Gasteiger partial charge on any atom is -0.481 e. The van der Waals surface area contributed by atoms with Crippen LogP contribution in [0.5, 0.6) is 0 Å². The van der Waals surface area contributed by atoms with Crippen LogP contribution in [0.3, 0.4) is 0 Å². The molecule has 2 aliphatic carbocycles. The standard InChI is InChI=1S/C27H30N2O5/c1-27(2,3)23(24(30)29-12-19-20(13-29)22(19)25(31)32)28-26(33)34-14-21-17-10-6-4-8-15(17)16-9-5-7-11-18(16)21/h4-11,19-23H,12-14H2,1-3H3,(H,28,33)(H,31,32)/t19?,20?,22?,23-/m0/s1. The molecule has 34 heavy (non-hydrogen) atoms. The molecule has 178 valence electrons. The summed E-state index contributed by atoms with van der Waals surface area (Å²) in [4.78, 5) is 39.0. The van der Waals surface area contributed by atoms with E-state index < -0.39 is 23.5 Å². The van der Waals surface area contributed by atoms with Crippen LogP contribution in [0.25, 0.3) is 11.1 Å². The summed E-state index contributed by atoms with van der Waals surface area (Å²) in [6.07, 6.45) is -0.622. The molecule has 0 aromatic heterocycles. The zero-order valence-electron chi connectivity index (χ0n) is 19.7. The van der Waals surface area contributed by atoms with Gasteiger partial charge < -0.3 is 20.1 Å². The number of hydrogen-bond donors (Lipinski definition) is 2. The number of carbonyl (C=O) groups is 3. The van der Waals surface area contributed by atoms with Crippen LogP contribution >= 0.6 is 0 Å². The first-order chi connectivity index (χ1) is 16.2. The van der Waals surface area contributed by atoms with Crippen molar-refractivity contribution in [3.05, 3.63) is 59.7 Å². The molecule has 1 aliphatic heterocycles. The quantitative estimate of drug-likeness (QED) is 0.706. The minimum absolute atomic E-state index is 0.0246. The van der Waals surface area contributed by atoms with Gasteiger partial charge in [0, 0.05) is 19.0 Å². The Morgan fingerprint density at radius 3 is 2.03 bits per heavy atom. The monoisotopic (exact) mass is 462 g/mol. The second-order valence-electron chi connectivity index (χ2n) is 10.7. The number of rotatable bonds is 5. The number of likely N-dealkylation sites (tertiary alicyclic amines) is 1. The molecule has 3 atom stereocenters. The first-order valence-electron chi connectivity index (χ1n) is 11.8. The Kier molecular flexibility index (Phi) is 5.38. The van der Waals surface area contributed by atoms with Crippen LogP contribution in [0, 0.1) is 23.2 Å². The van der Waals surface area contributed by atoms with Crippen LogP contribution in [0.2, 0.25) is 0 Å². The number of nitrogens with zero attached hydrogens (tertiary/aromatic N) is 1. The Morgan fingerprint density at radius 2 is 1.53 bits per heavy atom. The van der Waals surface area contributed by atoms with Gasteiger partial charge in [0.2, 0.25) is 5.91 Å². The van der Waals surface area contributed by atoms with Crippen LogP contribution < -0.4 is 5.32 Å². The number of benzene rings is 2. The average Bonchev–Trinajstić information content (AvgIpc) is 3.15. The summed E-state index contributed by atoms with van der Waals surface area (Å²) in [6, 6.07) is 15.5. The molecule has 2 aromatic rings. The molecule has 3 aliphatic rings. The molecule has 1 saturated heterocycles. The van der Waals surface area contributed by atoms with Gasteiger partial charge in [0.1, 0.15) is 12.6 Å². The smallest absolute Gasteiger partial charge is 0.407 e. The van der Waals surface area contributed by atoms with E-state index in [1.54, 1.807) is 4.90 Å². The SMILES string of the molecule is CC(C)(C)[C@@H](NC(=O)OCC1c2ccccc2-c2ccccc21)C(=O)N1CC2C(C1)C2C(=O)O. The van der Waals surface area contributed by atoms with E-state index in [1.165, 1.54) is 0 Å². The van der Waals surface area contributed by atoms with Crippen LogP contribution in [0.4, 0.5) is 4.79 Å². The van der Waals surface area contributed by atoms with E-state index >= 15 is 0 Å². The van der Waals surface area contributed by atoms with Crippen molar-refractivity contribution in [1.29, 1.82) is 0 Å². The first kappa shape index (κ1) is 22.4. The van der Waals surface area contributed by atoms with E-state index in [9.17, 15) is 19.5 Å². The molecule has 2 unspecified atom stereocenters. The number of piperidine rings is 1. The fourth-order valence-electron chi connectivity index (χ4n) is 5.66. The molecule has 1 saturated carbocycles. The molecule has 0 radical (unpaired) electrons. The lowest BCUT2D eigenvalue weighted by atomic mass is 9.86. The number of aliphatic carboxylic acids is 1. The second-order valence-corrected chi connectivity index (χ2v) is 10.7. The van der Waals surface area contributed by atoms with Crippen molar-refractivity contribution in [2.24, 2.45) is 23.2 Å². The van der Waals surface area contributed by atoms with Crippen LogP contribution in [-0.2, 0) is 14.3 Å². The number of carboxylic acid groups (broad SMARTS) is 1. The summed E-state index contributed by atoms with van der Waals surface area (Å²) >= 11 is 0. The predicted octanol–water partition coefficient (Wildman–Crippen LogP) is 3.73. The fraction of sp³-hybridized carbons (Fsp3) is 0.444. The van der Waals surface area contributed by atoms with Gasteiger partial charge in [-0.2, -0.15) is 0 Å². The van der Waals surface area contributed by atoms with Gasteiger partial charge in [-0.05, 0) is 39.5 Å². The molecular weight excluding hydrogens is 432 g/mol. The number of carboxylic acids is 1. The summed E-state index contributed by atoms with van der Waals surface area (Å²) in [6.45, 7) is 6.74. The maximum atomic E-state index is 13.3. The zero-order valence-corrected chi connectivity index (χ0v) is 19.7. The maximum absolute atomic E-state index is 13.3. The first-order valence-corrected chi connectivity index (χ1v) is 11.8. The third kappa shape index (κ3) is 3.83. The van der Waals surface area contributed by atoms with Crippen molar-refractivity contribution in [2.45, 2.75) is 32.7 Å². The topological polar surface area (TPSA) is 95.9 Å². The Morgan fingerprint density at radius 1 is 1.00 bits per heavy atom. The van der Waals surface area contributed by atoms with Crippen molar-refractivity contribution in [3.8, 4) is 11.1 Å². The van der Waals surface area contributed by atoms with E-state index in [4.69, 9.17) is 4.74 Å². The number of ether oxygens (including phenoxy) is 1. The van der Waals surface area contributed by atoms with Crippen molar-refractivity contribution in [1.82, 2.24) is 10.2 Å². The molecule has 2 fully saturated rings. The number of alkyl carbamates (subject to hydrolysis) is 1. The summed E-state index contributed by atoms with van der Waals surface area (Å²) in [7, 11) is 0. The highest BCUT2D eigenvalue weighted by Crippen LogP contribution is 2.52. The van der Waals surface area contributed by atoms with E-state index in [2.05, 4.69) is 29.6 Å². The second kappa shape index (κ2) is 8.15. The zero-order chi connectivity index (χ0) is 24.2. The average molecular weight is 463 g/mol. The molecule has 5 rings (SSSR count). The lowest BCUT2D eigenvalue weighted by Gasteiger charge is -2.34. The molecule has 0 spiro atoms. The molecule has 2 N–H and O–H groups in total. The third-order valence-corrected chi connectivity index (χ3v) is 7.51. The summed E-state index contributed by atoms with van der Waals surface area (Å²) in [5.41, 5.74) is 4.04. The predicted molar refractivity (Wildman–Crippen MR) is 126 cm³/mol. The number of hydrogen-bond acceptors (Lipinski definition) is 4. The number of carbonyl (C=O) groups excluding carboxylic acids is 2. The summed E-state index contributed by atoms with van der Waals surface area (Å²) in [5, 5.41) is 12.0. The van der Waals surface area contributed by atoms with Gasteiger partial charge in [-0.3, -0.25) is 9.59 Å². The molecule has 2 aromatic carbocycles. The summed E-state index contributed by atoms with van der Waals surface area (Å²) < 4.78 is 5.66. The van der Waals surface area contributed by atoms with Gasteiger partial charge >= 0.3 is 12.1 Å². The molecule has 7 nitrogen and oxygen atoms in total. The van der Waals surface area contributed by atoms with Crippen LogP contribution in [-0.4, -0.2) is 53.7 Å². The lowest BCUT2D eigenvalue weighted by Crippen LogP contribution is -2.55. The van der Waals surface area contributed by atoms with E-state index in [-0.39, 0.29) is 36.2 Å². The van der Waals surface area contributed by atoms with Gasteiger partial charge in [-0.15, -0.1) is 0 Å². The Balaban J connectivity index is 1.24. The number of fused-ring (bicyclic) bond motifs is 4. The molecule has 0 bridgehead atoms. The fourth-order valence-corrected chi connectivity index (χ4v) is 5.66. The Labute approximate surface area is 199 Å². The highest BCUT2D eigenvalue weighted by atomic mass is 16.5. The van der Waals surface area contributed by atoms with Gasteiger partial charge in [0.05, 0.1) is 5.92 Å². The lowest BCUT2D eigenvalue weighted by molar-refractivity contribution is -0.141. The van der Waals surface area contributed by atoms with Gasteiger partial charge in [0.15, 0.2) is 0 Å². The van der Waals surface area contributed by atoms with E-state index in [0.717, 1.165) is 22.3 Å². The van der Waals surface area contributed by atoms with Gasteiger partial charge in [-0.25, -0.2) is 4.79 Å². The molecule has 7 heteroatoms. The van der Waals surface area contributed by atoms with Crippen LogP contribution in [0.15, 0.2) is 48.5 Å². The van der Waals surface area contributed by atoms with Crippen molar-refractivity contribution in [3.63, 3.8) is 0 Å². The highest BCUT2D eigenvalue weighted by molar-refractivity contribution is 5.87. The largest absolute Gasteiger partial charge is 0.481 e. The number of amides is 2. The normalized spacial score (nSPS) is 23.5. The van der Waals surface area contributed by atoms with Gasteiger partial charge in [-0.1, -0.05) is 69.3 Å². The van der Waals surface area contributed by atoms with E-state index in [1.807, 2.05) is 45.0 Å². The number of nitrogens with one attached hydrogen (secondary N) is 1. The summed E-state index contributed by atoms with van der Waals surface area (Å²) in [5.74, 6) is -1.32. The van der Waals surface area contributed by atoms with Crippen molar-refractivity contribution < 1.29 is 24.2 Å². The van der Waals surface area contributed by atoms with E-state index in [0.29, 0.717) is 13.1 Å². The molecule has 2 amide bonds. The van der Waals surface area contributed by atoms with Crippen molar-refractivity contribution >= 4 is 18.0 Å². The third-order valence-electron chi connectivity index (χ3n) is 7.51. The minimum atomic E-state index is -0.786. The molecule has 1 heterocycles. The Hall–Kier alpha value is -3.35. The Bertz CT molecular complexity index is 1100. The maximum Gasteiger partial charge on any atom is 0.407 e. The highest BCUT2D eigenvalue weighted by Gasteiger charge is 2.61. The van der Waals surface area contributed by atoms with Gasteiger partial charge in [0.25, 0.3) is 0 Å².